The lowest BCUT2D eigenvalue weighted by Crippen LogP contribution is -2.30. The smallest absolute Gasteiger partial charge is 0.268 e. The molecule has 0 heterocycles. The molecule has 0 aromatic heterocycles. The average molecular weight is 190 g/mol. The number of hydrogen-bond donors (Lipinski definition) is 2. The monoisotopic (exact) mass is 190 g/mol. The topological polar surface area (TPSA) is 64.3 Å². The van der Waals surface area contributed by atoms with Gasteiger partial charge in [-0.15, -0.1) is 6.42 Å². The Hall–Kier alpha value is -1.99. The van der Waals surface area contributed by atoms with Crippen LogP contribution >= 0.6 is 0 Å². The zero-order valence-corrected chi connectivity index (χ0v) is 7.49. The predicted molar refractivity (Wildman–Crippen MR) is 52.4 cm³/mol. The van der Waals surface area contributed by atoms with Crippen LogP contribution < -0.4 is 16.0 Å². The standard InChI is InChI=1S/C10H10N2O2/c1-2-7-14-9-6-4-3-5-8(9)10(13)12-11/h1,3-6H,7,11H2,(H,12,13). The van der Waals surface area contributed by atoms with Crippen molar-refractivity contribution in [3.63, 3.8) is 0 Å². The van der Waals surface area contributed by atoms with Crippen LogP contribution in [0.5, 0.6) is 5.75 Å². The van der Waals surface area contributed by atoms with Gasteiger partial charge in [-0.1, -0.05) is 18.1 Å². The van der Waals surface area contributed by atoms with E-state index in [-0.39, 0.29) is 6.61 Å². The molecule has 0 fully saturated rings. The Balaban J connectivity index is 2.92. The molecule has 72 valence electrons. The minimum absolute atomic E-state index is 0.120. The van der Waals surface area contributed by atoms with E-state index >= 15 is 0 Å². The molecule has 0 aliphatic carbocycles. The second-order valence-electron chi connectivity index (χ2n) is 2.46. The van der Waals surface area contributed by atoms with Gasteiger partial charge >= 0.3 is 0 Å². The molecular weight excluding hydrogens is 180 g/mol. The first kappa shape index (κ1) is 10.1. The number of hydrazine groups is 1. The van der Waals surface area contributed by atoms with Crippen molar-refractivity contribution in [3.8, 4) is 18.1 Å². The molecule has 14 heavy (non-hydrogen) atoms. The lowest BCUT2D eigenvalue weighted by molar-refractivity contribution is 0.0950. The van der Waals surface area contributed by atoms with E-state index in [1.807, 2.05) is 5.43 Å². The number of nitrogens with two attached hydrogens (primary N) is 1. The Morgan fingerprint density at radius 1 is 1.57 bits per heavy atom. The number of carbonyl (C=O) groups excluding carboxylic acids is 1. The van der Waals surface area contributed by atoms with Crippen molar-refractivity contribution in [2.45, 2.75) is 0 Å². The highest BCUT2D eigenvalue weighted by molar-refractivity contribution is 5.96. The Morgan fingerprint density at radius 3 is 2.93 bits per heavy atom. The Morgan fingerprint density at radius 2 is 2.29 bits per heavy atom. The van der Waals surface area contributed by atoms with Gasteiger partial charge in [0.05, 0.1) is 5.56 Å². The maximum Gasteiger partial charge on any atom is 0.268 e. The van der Waals surface area contributed by atoms with E-state index in [9.17, 15) is 4.79 Å². The van der Waals surface area contributed by atoms with Crippen LogP contribution in [0.4, 0.5) is 0 Å². The van der Waals surface area contributed by atoms with Gasteiger partial charge in [0, 0.05) is 0 Å². The highest BCUT2D eigenvalue weighted by Gasteiger charge is 2.09. The summed E-state index contributed by atoms with van der Waals surface area (Å²) in [5.74, 6) is 7.34. The predicted octanol–water partition coefficient (Wildman–Crippen LogP) is 0.302. The molecule has 0 spiro atoms. The van der Waals surface area contributed by atoms with Crippen LogP contribution in [0.2, 0.25) is 0 Å². The molecule has 0 aliphatic rings. The Bertz CT molecular complexity index is 369. The van der Waals surface area contributed by atoms with E-state index in [1.54, 1.807) is 24.3 Å². The number of terminal acetylenes is 1. The van der Waals surface area contributed by atoms with Crippen LogP contribution in [-0.2, 0) is 0 Å². The molecule has 0 atom stereocenters. The average Bonchev–Trinajstić information content (AvgIpc) is 2.25. The molecule has 4 heteroatoms. The zero-order chi connectivity index (χ0) is 10.4. The van der Waals surface area contributed by atoms with Gasteiger partial charge in [-0.25, -0.2) is 5.84 Å². The van der Waals surface area contributed by atoms with Crippen LogP contribution in [0.25, 0.3) is 0 Å². The first-order valence-corrected chi connectivity index (χ1v) is 3.96. The third-order valence-corrected chi connectivity index (χ3v) is 1.57. The molecule has 0 bridgehead atoms. The van der Waals surface area contributed by atoms with Gasteiger partial charge in [-0.05, 0) is 12.1 Å². The number of para-hydroxylation sites is 1. The molecule has 1 amide bonds. The van der Waals surface area contributed by atoms with Crippen LogP contribution in [-0.4, -0.2) is 12.5 Å². The fourth-order valence-corrected chi connectivity index (χ4v) is 0.977. The third-order valence-electron chi connectivity index (χ3n) is 1.57. The summed E-state index contributed by atoms with van der Waals surface area (Å²) in [6.45, 7) is 0.120. The van der Waals surface area contributed by atoms with E-state index in [0.29, 0.717) is 11.3 Å². The first-order valence-electron chi connectivity index (χ1n) is 3.96. The molecule has 0 aliphatic heterocycles. The molecule has 4 nitrogen and oxygen atoms in total. The molecular formula is C10H10N2O2. The molecule has 1 aromatic rings. The SMILES string of the molecule is C#CCOc1ccccc1C(=O)NN. The van der Waals surface area contributed by atoms with E-state index in [0.717, 1.165) is 0 Å². The highest BCUT2D eigenvalue weighted by Crippen LogP contribution is 2.17. The Kier molecular flexibility index (Phi) is 3.53. The minimum atomic E-state index is -0.405. The van der Waals surface area contributed by atoms with Crippen LogP contribution in [0.1, 0.15) is 10.4 Å². The minimum Gasteiger partial charge on any atom is -0.480 e. The lowest BCUT2D eigenvalue weighted by atomic mass is 10.2. The largest absolute Gasteiger partial charge is 0.480 e. The fraction of sp³-hybridized carbons (Fsp3) is 0.100. The summed E-state index contributed by atoms with van der Waals surface area (Å²) in [5, 5.41) is 0. The van der Waals surface area contributed by atoms with Gasteiger partial charge < -0.3 is 4.74 Å². The summed E-state index contributed by atoms with van der Waals surface area (Å²) in [6, 6.07) is 6.72. The number of nitrogen functional groups attached to an aromatic ring is 1. The zero-order valence-electron chi connectivity index (χ0n) is 7.49. The second kappa shape index (κ2) is 4.90. The summed E-state index contributed by atoms with van der Waals surface area (Å²) in [4.78, 5) is 11.2. The lowest BCUT2D eigenvalue weighted by Gasteiger charge is -2.07. The molecule has 3 N–H and O–H groups in total. The summed E-state index contributed by atoms with van der Waals surface area (Å²) in [5.41, 5.74) is 2.39. The van der Waals surface area contributed by atoms with Gasteiger partial charge in [0.25, 0.3) is 5.91 Å². The summed E-state index contributed by atoms with van der Waals surface area (Å²) in [7, 11) is 0. The molecule has 1 aromatic carbocycles. The molecule has 1 rings (SSSR count). The van der Waals surface area contributed by atoms with Crippen molar-refractivity contribution < 1.29 is 9.53 Å². The number of nitrogens with one attached hydrogen (secondary N) is 1. The van der Waals surface area contributed by atoms with Crippen molar-refractivity contribution in [2.24, 2.45) is 5.84 Å². The van der Waals surface area contributed by atoms with Crippen molar-refractivity contribution in [3.05, 3.63) is 29.8 Å². The van der Waals surface area contributed by atoms with E-state index in [1.165, 1.54) is 0 Å². The first-order chi connectivity index (χ1) is 6.79. The fourth-order valence-electron chi connectivity index (χ4n) is 0.977. The highest BCUT2D eigenvalue weighted by atomic mass is 16.5. The summed E-state index contributed by atoms with van der Waals surface area (Å²) >= 11 is 0. The van der Waals surface area contributed by atoms with Crippen LogP contribution in [0.15, 0.2) is 24.3 Å². The van der Waals surface area contributed by atoms with Crippen LogP contribution in [0, 0.1) is 12.3 Å². The van der Waals surface area contributed by atoms with E-state index in [2.05, 4.69) is 5.92 Å². The quantitative estimate of drug-likeness (QED) is 0.312. The van der Waals surface area contributed by atoms with E-state index < -0.39 is 5.91 Å². The second-order valence-corrected chi connectivity index (χ2v) is 2.46. The number of benzene rings is 1. The van der Waals surface area contributed by atoms with Gasteiger partial charge in [0.2, 0.25) is 0 Å². The number of carbonyl (C=O) groups is 1. The molecule has 0 saturated heterocycles. The normalized spacial score (nSPS) is 8.86. The van der Waals surface area contributed by atoms with Crippen molar-refractivity contribution in [1.82, 2.24) is 5.43 Å². The van der Waals surface area contributed by atoms with Gasteiger partial charge in [0.1, 0.15) is 12.4 Å². The molecule has 0 radical (unpaired) electrons. The summed E-state index contributed by atoms with van der Waals surface area (Å²) < 4.78 is 5.16. The van der Waals surface area contributed by atoms with E-state index in [4.69, 9.17) is 17.0 Å². The molecule has 0 saturated carbocycles. The van der Waals surface area contributed by atoms with Crippen molar-refractivity contribution in [1.29, 1.82) is 0 Å². The third kappa shape index (κ3) is 2.25. The number of rotatable bonds is 3. The van der Waals surface area contributed by atoms with Crippen molar-refractivity contribution in [2.75, 3.05) is 6.61 Å². The van der Waals surface area contributed by atoms with Gasteiger partial charge in [-0.3, -0.25) is 10.2 Å². The van der Waals surface area contributed by atoms with Gasteiger partial charge in [-0.2, -0.15) is 0 Å². The summed E-state index contributed by atoms with van der Waals surface area (Å²) in [6.07, 6.45) is 5.03. The van der Waals surface area contributed by atoms with Crippen molar-refractivity contribution >= 4 is 5.91 Å². The number of amides is 1. The van der Waals surface area contributed by atoms with Gasteiger partial charge in [0.15, 0.2) is 0 Å². The number of hydrogen-bond acceptors (Lipinski definition) is 3. The molecule has 0 unspecified atom stereocenters. The Labute approximate surface area is 82.0 Å². The number of ether oxygens (including phenoxy) is 1. The maximum atomic E-state index is 11.2. The van der Waals surface area contributed by atoms with Crippen LogP contribution in [0.3, 0.4) is 0 Å². The maximum absolute atomic E-state index is 11.2.